The summed E-state index contributed by atoms with van der Waals surface area (Å²) >= 11 is 0. The highest BCUT2D eigenvalue weighted by atomic mass is 16.6. The number of nitro groups is 1. The first-order chi connectivity index (χ1) is 32.9. The maximum atomic E-state index is 12.0. The zero-order chi connectivity index (χ0) is 47.5. The van der Waals surface area contributed by atoms with Gasteiger partial charge in [-0.25, -0.2) is 19.9 Å². The Bertz CT molecular complexity index is 3130. The second-order valence-electron chi connectivity index (χ2n) is 17.3. The number of likely N-dealkylation sites (N-methyl/N-ethyl adjacent to an activating group) is 2. The molecule has 68 heavy (non-hydrogen) atoms. The van der Waals surface area contributed by atoms with E-state index in [0.717, 1.165) is 132 Å². The molecule has 0 unspecified atom stereocenters. The van der Waals surface area contributed by atoms with Crippen molar-refractivity contribution in [2.24, 2.45) is 14.1 Å². The minimum Gasteiger partial charge on any atom is -0.397 e. The van der Waals surface area contributed by atoms with Gasteiger partial charge in [0.15, 0.2) is 0 Å². The molecule has 0 radical (unpaired) electrons. The van der Waals surface area contributed by atoms with Crippen molar-refractivity contribution in [3.8, 4) is 22.5 Å². The molecule has 18 heteroatoms. The summed E-state index contributed by atoms with van der Waals surface area (Å²) in [4.78, 5) is 38.3. The molecule has 6 heterocycles. The summed E-state index contributed by atoms with van der Waals surface area (Å²) in [5, 5.41) is 29.4. The van der Waals surface area contributed by atoms with Crippen LogP contribution in [-0.4, -0.2) is 121 Å². The number of aryl methyl sites for hydroxylation is 3. The molecule has 8 aromatic rings. The third kappa shape index (κ3) is 9.63. The van der Waals surface area contributed by atoms with Gasteiger partial charge in [-0.15, -0.1) is 0 Å². The number of anilines is 7. The molecular weight excluding hydrogens is 857 g/mol. The Morgan fingerprint density at radius 2 is 1.18 bits per heavy atom. The van der Waals surface area contributed by atoms with E-state index >= 15 is 0 Å². The molecular formula is C50H56N16O2. The van der Waals surface area contributed by atoms with Gasteiger partial charge in [-0.05, 0) is 74.1 Å². The molecule has 0 atom stereocenters. The molecule has 2 saturated heterocycles. The van der Waals surface area contributed by atoms with Crippen LogP contribution in [0.2, 0.25) is 0 Å². The summed E-state index contributed by atoms with van der Waals surface area (Å²) < 4.78 is 3.69. The normalized spacial score (nSPS) is 14.5. The predicted molar refractivity (Wildman–Crippen MR) is 273 cm³/mol. The number of nitrogen functional groups attached to an aromatic ring is 1. The van der Waals surface area contributed by atoms with Gasteiger partial charge in [0.25, 0.3) is 5.69 Å². The van der Waals surface area contributed by atoms with Gasteiger partial charge in [-0.2, -0.15) is 10.2 Å². The van der Waals surface area contributed by atoms with Crippen molar-refractivity contribution < 1.29 is 4.92 Å². The van der Waals surface area contributed by atoms with Gasteiger partial charge < -0.3 is 36.0 Å². The molecule has 0 spiro atoms. The molecule has 4 aromatic carbocycles. The molecule has 0 amide bonds. The molecule has 4 aromatic heterocycles. The van der Waals surface area contributed by atoms with Gasteiger partial charge in [0.05, 0.1) is 56.8 Å². The van der Waals surface area contributed by atoms with Crippen molar-refractivity contribution in [3.05, 3.63) is 126 Å². The zero-order valence-electron chi connectivity index (χ0n) is 39.1. The van der Waals surface area contributed by atoms with Crippen LogP contribution in [0.4, 0.5) is 45.8 Å². The second-order valence-corrected chi connectivity index (χ2v) is 17.3. The second kappa shape index (κ2) is 19.5. The van der Waals surface area contributed by atoms with Gasteiger partial charge in [0, 0.05) is 112 Å². The molecule has 2 aliphatic rings. The lowest BCUT2D eigenvalue weighted by Gasteiger charge is -2.35. The topological polar surface area (TPSA) is 193 Å². The summed E-state index contributed by atoms with van der Waals surface area (Å²) in [6, 6.07) is 23.7. The van der Waals surface area contributed by atoms with Gasteiger partial charge in [0.2, 0.25) is 0 Å². The average Bonchev–Trinajstić information content (AvgIpc) is 3.92. The lowest BCUT2D eigenvalue weighted by molar-refractivity contribution is -0.384. The maximum absolute atomic E-state index is 12.0. The van der Waals surface area contributed by atoms with Crippen LogP contribution in [0.5, 0.6) is 0 Å². The number of aromatic nitrogens is 8. The highest BCUT2D eigenvalue weighted by molar-refractivity contribution is 5.86. The predicted octanol–water partition coefficient (Wildman–Crippen LogP) is 7.75. The molecule has 4 N–H and O–H groups in total. The molecule has 2 fully saturated rings. The van der Waals surface area contributed by atoms with Crippen LogP contribution in [-0.2, 0) is 20.5 Å². The number of benzene rings is 4. The minimum atomic E-state index is -0.333. The summed E-state index contributed by atoms with van der Waals surface area (Å²) in [5.74, 6) is 1.28. The lowest BCUT2D eigenvalue weighted by atomic mass is 10.1. The smallest absolute Gasteiger partial charge is 0.294 e. The third-order valence-electron chi connectivity index (χ3n) is 12.8. The van der Waals surface area contributed by atoms with Crippen molar-refractivity contribution in [1.82, 2.24) is 49.3 Å². The first-order valence-electron chi connectivity index (χ1n) is 22.7. The number of nitrogens with one attached hydrogen (secondary N) is 2. The summed E-state index contributed by atoms with van der Waals surface area (Å²) in [6.07, 6.45) is 9.36. The fourth-order valence-corrected chi connectivity index (χ4v) is 8.78. The standard InChI is InChI=1S/C25H26N8O2.C25H30N8/c1-4-17-12-23(32-9-7-30(2)8-10-32)24(33(34)35)13-21(17)29-25-14-20(26-16-27-25)18-5-6-22-19(11-18)15-28-31(22)3;1-4-17-12-24(33-9-7-31(2)8-10-33)20(26)13-22(17)30-25-14-21(27-16-28-25)18-5-6-23-19(11-18)15-29-32(23)3/h4-6,11-16H,1,7-10H2,2-3H3,(H,26,27,29);5-6,11-16H,4,7-10,26H2,1-3H3,(H,27,28,30). The molecule has 348 valence electrons. The van der Waals surface area contributed by atoms with Gasteiger partial charge >= 0.3 is 0 Å². The summed E-state index contributed by atoms with van der Waals surface area (Å²) in [6.45, 7) is 13.4. The third-order valence-corrected chi connectivity index (χ3v) is 12.8. The fourth-order valence-electron chi connectivity index (χ4n) is 8.78. The van der Waals surface area contributed by atoms with E-state index in [9.17, 15) is 10.1 Å². The van der Waals surface area contributed by atoms with E-state index in [1.807, 2.05) is 78.3 Å². The summed E-state index contributed by atoms with van der Waals surface area (Å²) in [7, 11) is 8.07. The molecule has 0 bridgehead atoms. The van der Waals surface area contributed by atoms with Gasteiger partial charge in [-0.3, -0.25) is 19.5 Å². The average molecular weight is 913 g/mol. The van der Waals surface area contributed by atoms with E-state index in [1.54, 1.807) is 18.5 Å². The van der Waals surface area contributed by atoms with Crippen molar-refractivity contribution in [3.63, 3.8) is 0 Å². The quantitative estimate of drug-likeness (QED) is 0.0648. The molecule has 10 rings (SSSR count). The Morgan fingerprint density at radius 1 is 0.662 bits per heavy atom. The number of fused-ring (bicyclic) bond motifs is 2. The first-order valence-corrected chi connectivity index (χ1v) is 22.7. The summed E-state index contributed by atoms with van der Waals surface area (Å²) in [5.41, 5.74) is 18.3. The molecule has 18 nitrogen and oxygen atoms in total. The van der Waals surface area contributed by atoms with E-state index in [-0.39, 0.29) is 10.6 Å². The van der Waals surface area contributed by atoms with E-state index in [4.69, 9.17) is 5.73 Å². The van der Waals surface area contributed by atoms with Crippen LogP contribution in [0, 0.1) is 10.1 Å². The van der Waals surface area contributed by atoms with Crippen molar-refractivity contribution in [2.75, 3.05) is 92.6 Å². The SMILES string of the molecule is C=Cc1cc(N2CCN(C)CC2)c([N+](=O)[O-])cc1Nc1cc(-c2ccc3c(cnn3C)c2)ncn1.CCc1cc(N2CCN(C)CC2)c(N)cc1Nc1cc(-c2ccc3c(cnn3C)c2)ncn1. The van der Waals surface area contributed by atoms with Crippen molar-refractivity contribution in [1.29, 1.82) is 0 Å². The minimum absolute atomic E-state index is 0.0546. The van der Waals surface area contributed by atoms with Crippen molar-refractivity contribution in [2.45, 2.75) is 13.3 Å². The number of rotatable bonds is 11. The number of nitrogens with zero attached hydrogens (tertiary/aromatic N) is 13. The van der Waals surface area contributed by atoms with Crippen LogP contribution in [0.1, 0.15) is 18.1 Å². The lowest BCUT2D eigenvalue weighted by Crippen LogP contribution is -2.44. The number of nitrogens with two attached hydrogens (primary N) is 1. The highest BCUT2D eigenvalue weighted by Gasteiger charge is 2.25. The number of piperazine rings is 2. The molecule has 0 aliphatic carbocycles. The molecule has 2 aliphatic heterocycles. The first kappa shape index (κ1) is 45.2. The van der Waals surface area contributed by atoms with E-state index in [2.05, 4.69) is 112 Å². The Morgan fingerprint density at radius 3 is 1.68 bits per heavy atom. The monoisotopic (exact) mass is 912 g/mol. The number of hydrogen-bond donors (Lipinski definition) is 3. The largest absolute Gasteiger partial charge is 0.397 e. The van der Waals surface area contributed by atoms with Crippen LogP contribution in [0.15, 0.2) is 104 Å². The Kier molecular flexibility index (Phi) is 13.0. The van der Waals surface area contributed by atoms with Gasteiger partial charge in [-0.1, -0.05) is 31.7 Å². The van der Waals surface area contributed by atoms with Crippen LogP contribution >= 0.6 is 0 Å². The van der Waals surface area contributed by atoms with Crippen molar-refractivity contribution >= 4 is 73.6 Å². The van der Waals surface area contributed by atoms with Crippen LogP contribution in [0.25, 0.3) is 50.4 Å². The van der Waals surface area contributed by atoms with E-state index in [0.29, 0.717) is 17.2 Å². The van der Waals surface area contributed by atoms with Gasteiger partial charge in [0.1, 0.15) is 30.0 Å². The van der Waals surface area contributed by atoms with Crippen LogP contribution in [0.3, 0.4) is 0 Å². The Labute approximate surface area is 394 Å². The van der Waals surface area contributed by atoms with E-state index < -0.39 is 0 Å². The Hall–Kier alpha value is -7.96. The zero-order valence-corrected chi connectivity index (χ0v) is 39.1. The maximum Gasteiger partial charge on any atom is 0.294 e. The fraction of sp³-hybridized carbons (Fsp3) is 0.280. The highest BCUT2D eigenvalue weighted by Crippen LogP contribution is 2.37. The number of nitro benzene ring substituents is 1. The van der Waals surface area contributed by atoms with Crippen LogP contribution < -0.4 is 26.2 Å². The van der Waals surface area contributed by atoms with E-state index in [1.165, 1.54) is 11.9 Å². The number of hydrogen-bond acceptors (Lipinski definition) is 15. The molecule has 0 saturated carbocycles. The Balaban J connectivity index is 0.000000170.